The van der Waals surface area contributed by atoms with E-state index in [1.165, 1.54) is 17.8 Å². The average Bonchev–Trinajstić information content (AvgIpc) is 2.69. The van der Waals surface area contributed by atoms with Crippen molar-refractivity contribution in [2.75, 3.05) is 0 Å². The number of carbonyl (C=O) groups is 1. The molecule has 0 saturated carbocycles. The first-order chi connectivity index (χ1) is 12.7. The monoisotopic (exact) mass is 347 g/mol. The predicted octanol–water partition coefficient (Wildman–Crippen LogP) is 4.64. The summed E-state index contributed by atoms with van der Waals surface area (Å²) < 4.78 is 11.9. The molecule has 0 aliphatic carbocycles. The fourth-order valence-corrected chi connectivity index (χ4v) is 3.02. The van der Waals surface area contributed by atoms with E-state index in [1.54, 1.807) is 6.07 Å². The SMILES string of the molecule is O=C(O)c1ccc(Oc2ccc3c(c2)CCC(c2ccccc2)O3)nc1. The van der Waals surface area contributed by atoms with Crippen LogP contribution in [-0.4, -0.2) is 16.1 Å². The van der Waals surface area contributed by atoms with Gasteiger partial charge in [-0.25, -0.2) is 9.78 Å². The zero-order valence-corrected chi connectivity index (χ0v) is 14.0. The van der Waals surface area contributed by atoms with Crippen LogP contribution in [0.5, 0.6) is 17.4 Å². The number of rotatable bonds is 4. The van der Waals surface area contributed by atoms with Crippen molar-refractivity contribution in [2.45, 2.75) is 18.9 Å². The highest BCUT2D eigenvalue weighted by Gasteiger charge is 2.21. The third-order valence-electron chi connectivity index (χ3n) is 4.35. The molecule has 0 bridgehead atoms. The quantitative estimate of drug-likeness (QED) is 0.745. The van der Waals surface area contributed by atoms with Gasteiger partial charge in [-0.2, -0.15) is 0 Å². The van der Waals surface area contributed by atoms with Gasteiger partial charge in [-0.3, -0.25) is 0 Å². The topological polar surface area (TPSA) is 68.7 Å². The minimum absolute atomic E-state index is 0.0701. The first-order valence-corrected chi connectivity index (χ1v) is 8.41. The van der Waals surface area contributed by atoms with Crippen LogP contribution < -0.4 is 9.47 Å². The third kappa shape index (κ3) is 3.37. The number of carboxylic acid groups (broad SMARTS) is 1. The molecule has 0 radical (unpaired) electrons. The molecule has 0 amide bonds. The Morgan fingerprint density at radius 1 is 1.12 bits per heavy atom. The molecule has 130 valence electrons. The minimum atomic E-state index is -1.01. The van der Waals surface area contributed by atoms with Gasteiger partial charge in [-0.05, 0) is 48.2 Å². The Kier molecular flexibility index (Phi) is 4.27. The molecule has 5 heteroatoms. The van der Waals surface area contributed by atoms with Gasteiger partial charge >= 0.3 is 5.97 Å². The number of nitrogens with zero attached hydrogens (tertiary/aromatic N) is 1. The first kappa shape index (κ1) is 16.1. The minimum Gasteiger partial charge on any atom is -0.485 e. The summed E-state index contributed by atoms with van der Waals surface area (Å²) in [5, 5.41) is 8.91. The van der Waals surface area contributed by atoms with E-state index >= 15 is 0 Å². The number of aryl methyl sites for hydroxylation is 1. The second kappa shape index (κ2) is 6.88. The number of fused-ring (bicyclic) bond motifs is 1. The van der Waals surface area contributed by atoms with Crippen LogP contribution in [0, 0.1) is 0 Å². The van der Waals surface area contributed by atoms with Crippen molar-refractivity contribution in [2.24, 2.45) is 0 Å². The van der Waals surface area contributed by atoms with Gasteiger partial charge in [-0.15, -0.1) is 0 Å². The highest BCUT2D eigenvalue weighted by atomic mass is 16.5. The van der Waals surface area contributed by atoms with Gasteiger partial charge in [0.2, 0.25) is 5.88 Å². The van der Waals surface area contributed by atoms with E-state index in [0.717, 1.165) is 24.2 Å². The second-order valence-corrected chi connectivity index (χ2v) is 6.12. The number of hydrogen-bond donors (Lipinski definition) is 1. The number of hydrogen-bond acceptors (Lipinski definition) is 4. The van der Waals surface area contributed by atoms with Crippen LogP contribution >= 0.6 is 0 Å². The Morgan fingerprint density at radius 2 is 1.96 bits per heavy atom. The van der Waals surface area contributed by atoms with Crippen LogP contribution in [0.4, 0.5) is 0 Å². The van der Waals surface area contributed by atoms with Gasteiger partial charge in [0.1, 0.15) is 17.6 Å². The lowest BCUT2D eigenvalue weighted by atomic mass is 9.97. The molecule has 3 aromatic rings. The van der Waals surface area contributed by atoms with Crippen molar-refractivity contribution in [3.05, 3.63) is 83.6 Å². The molecule has 5 nitrogen and oxygen atoms in total. The molecule has 0 fully saturated rings. The molecule has 1 aliphatic heterocycles. The summed E-state index contributed by atoms with van der Waals surface area (Å²) in [6.07, 6.45) is 3.16. The number of pyridine rings is 1. The second-order valence-electron chi connectivity index (χ2n) is 6.12. The standard InChI is InChI=1S/C21H17NO4/c23-21(24)16-7-11-20(22-13-16)25-17-8-10-19-15(12-17)6-9-18(26-19)14-4-2-1-3-5-14/h1-5,7-8,10-13,18H,6,9H2,(H,23,24). The molecule has 4 rings (SSSR count). The molecule has 2 aromatic carbocycles. The molecular formula is C21H17NO4. The van der Waals surface area contributed by atoms with Gasteiger partial charge < -0.3 is 14.6 Å². The summed E-state index contributed by atoms with van der Waals surface area (Å²) in [7, 11) is 0. The molecule has 1 unspecified atom stereocenters. The highest BCUT2D eigenvalue weighted by molar-refractivity contribution is 5.87. The van der Waals surface area contributed by atoms with Gasteiger partial charge in [0.25, 0.3) is 0 Å². The van der Waals surface area contributed by atoms with Gasteiger partial charge in [0.05, 0.1) is 5.56 Å². The summed E-state index contributed by atoms with van der Waals surface area (Å²) in [4.78, 5) is 14.9. The first-order valence-electron chi connectivity index (χ1n) is 8.41. The van der Waals surface area contributed by atoms with Gasteiger partial charge in [0, 0.05) is 12.3 Å². The Balaban J connectivity index is 1.49. The van der Waals surface area contributed by atoms with Crippen molar-refractivity contribution in [3.8, 4) is 17.4 Å². The molecule has 1 aliphatic rings. The molecule has 0 saturated heterocycles. The molecule has 2 heterocycles. The van der Waals surface area contributed by atoms with E-state index in [4.69, 9.17) is 14.6 Å². The lowest BCUT2D eigenvalue weighted by Gasteiger charge is -2.26. The van der Waals surface area contributed by atoms with Crippen molar-refractivity contribution < 1.29 is 19.4 Å². The van der Waals surface area contributed by atoms with E-state index in [9.17, 15) is 4.79 Å². The summed E-state index contributed by atoms with van der Waals surface area (Å²) in [6, 6.07) is 18.9. The summed E-state index contributed by atoms with van der Waals surface area (Å²) in [6.45, 7) is 0. The lowest BCUT2D eigenvalue weighted by molar-refractivity contribution is 0.0696. The van der Waals surface area contributed by atoms with E-state index in [1.807, 2.05) is 36.4 Å². The van der Waals surface area contributed by atoms with Gasteiger partial charge in [-0.1, -0.05) is 30.3 Å². The maximum absolute atomic E-state index is 10.9. The fraction of sp³-hybridized carbons (Fsp3) is 0.143. The van der Waals surface area contributed by atoms with Crippen LogP contribution in [0.15, 0.2) is 66.9 Å². The molecular weight excluding hydrogens is 330 g/mol. The zero-order valence-electron chi connectivity index (χ0n) is 14.0. The lowest BCUT2D eigenvalue weighted by Crippen LogP contribution is -2.15. The van der Waals surface area contributed by atoms with Crippen molar-refractivity contribution in [1.82, 2.24) is 4.98 Å². The molecule has 1 aromatic heterocycles. The Bertz CT molecular complexity index is 923. The van der Waals surface area contributed by atoms with E-state index in [2.05, 4.69) is 17.1 Å². The molecule has 26 heavy (non-hydrogen) atoms. The van der Waals surface area contributed by atoms with E-state index in [0.29, 0.717) is 11.6 Å². The summed E-state index contributed by atoms with van der Waals surface area (Å²) in [5.41, 5.74) is 2.40. The van der Waals surface area contributed by atoms with Crippen LogP contribution in [-0.2, 0) is 6.42 Å². The Labute approximate surface area is 150 Å². The number of aromatic carboxylic acids is 1. The van der Waals surface area contributed by atoms with E-state index in [-0.39, 0.29) is 11.7 Å². The number of ether oxygens (including phenoxy) is 2. The number of carboxylic acids is 1. The smallest absolute Gasteiger partial charge is 0.337 e. The summed E-state index contributed by atoms with van der Waals surface area (Å²) >= 11 is 0. The van der Waals surface area contributed by atoms with Crippen LogP contribution in [0.3, 0.4) is 0 Å². The predicted molar refractivity (Wildman–Crippen MR) is 95.8 cm³/mol. The molecule has 1 atom stereocenters. The van der Waals surface area contributed by atoms with Crippen LogP contribution in [0.1, 0.15) is 34.0 Å². The average molecular weight is 347 g/mol. The third-order valence-corrected chi connectivity index (χ3v) is 4.35. The maximum Gasteiger partial charge on any atom is 0.337 e. The maximum atomic E-state index is 10.9. The number of benzene rings is 2. The molecule has 1 N–H and O–H groups in total. The normalized spacial score (nSPS) is 15.6. The Hall–Kier alpha value is -3.34. The van der Waals surface area contributed by atoms with E-state index < -0.39 is 5.97 Å². The van der Waals surface area contributed by atoms with Gasteiger partial charge in [0.15, 0.2) is 0 Å². The summed E-state index contributed by atoms with van der Waals surface area (Å²) in [5.74, 6) is 0.865. The largest absolute Gasteiger partial charge is 0.485 e. The highest BCUT2D eigenvalue weighted by Crippen LogP contribution is 2.37. The van der Waals surface area contributed by atoms with Crippen molar-refractivity contribution in [3.63, 3.8) is 0 Å². The number of aromatic nitrogens is 1. The Morgan fingerprint density at radius 3 is 2.69 bits per heavy atom. The zero-order chi connectivity index (χ0) is 17.9. The van der Waals surface area contributed by atoms with Crippen LogP contribution in [0.2, 0.25) is 0 Å². The van der Waals surface area contributed by atoms with Crippen LogP contribution in [0.25, 0.3) is 0 Å². The fourth-order valence-electron chi connectivity index (χ4n) is 3.02. The van der Waals surface area contributed by atoms with Crippen molar-refractivity contribution in [1.29, 1.82) is 0 Å². The van der Waals surface area contributed by atoms with Crippen molar-refractivity contribution >= 4 is 5.97 Å². The molecule has 0 spiro atoms.